The van der Waals surface area contributed by atoms with Gasteiger partial charge in [0.05, 0.1) is 23.5 Å². The third-order valence-corrected chi connectivity index (χ3v) is 4.57. The van der Waals surface area contributed by atoms with Gasteiger partial charge in [0.2, 0.25) is 0 Å². The minimum Gasteiger partial charge on any atom is -0.494 e. The number of carbonyl (C=O) groups excluding carboxylic acids is 2. The minimum atomic E-state index is -0.744. The van der Waals surface area contributed by atoms with Gasteiger partial charge in [-0.15, -0.1) is 0 Å². The number of rotatable bonds is 7. The van der Waals surface area contributed by atoms with Gasteiger partial charge in [-0.3, -0.25) is 9.59 Å². The van der Waals surface area contributed by atoms with Gasteiger partial charge in [-0.05, 0) is 37.3 Å². The number of halogens is 1. The summed E-state index contributed by atoms with van der Waals surface area (Å²) in [5.41, 5.74) is 1.24. The fourth-order valence-corrected chi connectivity index (χ4v) is 2.90. The van der Waals surface area contributed by atoms with Crippen molar-refractivity contribution >= 4 is 34.8 Å². The molecule has 0 unspecified atom stereocenters. The predicted octanol–water partition coefficient (Wildman–Crippen LogP) is 5.01. The minimum absolute atomic E-state index is 0.249. The van der Waals surface area contributed by atoms with E-state index in [1.54, 1.807) is 49.4 Å². The van der Waals surface area contributed by atoms with Crippen molar-refractivity contribution in [3.05, 3.63) is 83.4 Å². The van der Waals surface area contributed by atoms with Crippen LogP contribution in [0, 0.1) is 0 Å². The Kier molecular flexibility index (Phi) is 6.93. The first-order chi connectivity index (χ1) is 14.5. The maximum atomic E-state index is 12.5. The van der Waals surface area contributed by atoms with E-state index in [-0.39, 0.29) is 16.8 Å². The maximum absolute atomic E-state index is 12.5. The molecule has 0 aliphatic heterocycles. The van der Waals surface area contributed by atoms with E-state index in [1.165, 1.54) is 13.2 Å². The molecule has 7 heteroatoms. The van der Waals surface area contributed by atoms with Crippen LogP contribution in [0.4, 0.5) is 11.4 Å². The number of methoxy groups -OCH3 is 1. The number of para-hydroxylation sites is 1. The average molecular weight is 425 g/mol. The molecular formula is C23H21ClN2O4. The van der Waals surface area contributed by atoms with Crippen molar-refractivity contribution < 1.29 is 19.1 Å². The molecule has 0 heterocycles. The van der Waals surface area contributed by atoms with Gasteiger partial charge in [-0.25, -0.2) is 0 Å². The first-order valence-corrected chi connectivity index (χ1v) is 9.62. The molecular weight excluding hydrogens is 404 g/mol. The quantitative estimate of drug-likeness (QED) is 0.559. The van der Waals surface area contributed by atoms with Crippen LogP contribution >= 0.6 is 11.6 Å². The van der Waals surface area contributed by atoms with Crippen molar-refractivity contribution in [1.29, 1.82) is 0 Å². The Labute approximate surface area is 179 Å². The van der Waals surface area contributed by atoms with Crippen molar-refractivity contribution in [2.75, 3.05) is 17.7 Å². The number of nitrogens with one attached hydrogen (secondary N) is 2. The number of amides is 2. The van der Waals surface area contributed by atoms with E-state index in [9.17, 15) is 9.59 Å². The van der Waals surface area contributed by atoms with Gasteiger partial charge in [0.1, 0.15) is 11.5 Å². The molecule has 0 saturated carbocycles. The first-order valence-electron chi connectivity index (χ1n) is 9.24. The molecule has 2 amide bonds. The van der Waals surface area contributed by atoms with Crippen LogP contribution in [0.25, 0.3) is 0 Å². The zero-order valence-electron chi connectivity index (χ0n) is 16.5. The molecule has 3 aromatic carbocycles. The molecule has 0 saturated heterocycles. The summed E-state index contributed by atoms with van der Waals surface area (Å²) in [4.78, 5) is 24.9. The van der Waals surface area contributed by atoms with Gasteiger partial charge in [0.25, 0.3) is 11.8 Å². The lowest BCUT2D eigenvalue weighted by molar-refractivity contribution is -0.122. The summed E-state index contributed by atoms with van der Waals surface area (Å²) in [7, 11) is 1.47. The summed E-state index contributed by atoms with van der Waals surface area (Å²) in [6.45, 7) is 1.64. The molecule has 0 aliphatic carbocycles. The topological polar surface area (TPSA) is 76.7 Å². The number of ether oxygens (including phenoxy) is 2. The Bertz CT molecular complexity index is 1030. The number of benzene rings is 3. The largest absolute Gasteiger partial charge is 0.494 e. The van der Waals surface area contributed by atoms with E-state index < -0.39 is 6.10 Å². The Balaban J connectivity index is 1.73. The first kappa shape index (κ1) is 21.2. The SMILES string of the molecule is COc1cc(NC(=O)[C@@H](C)Oc2ccccc2)c(Cl)cc1NC(=O)c1ccccc1. The van der Waals surface area contributed by atoms with Crippen LogP contribution in [0.3, 0.4) is 0 Å². The summed E-state index contributed by atoms with van der Waals surface area (Å²) in [5.74, 6) is 0.272. The highest BCUT2D eigenvalue weighted by atomic mass is 35.5. The molecule has 0 radical (unpaired) electrons. The normalized spacial score (nSPS) is 11.3. The Morgan fingerprint density at radius 2 is 1.53 bits per heavy atom. The molecule has 3 rings (SSSR count). The van der Waals surface area contributed by atoms with Crippen molar-refractivity contribution in [2.45, 2.75) is 13.0 Å². The van der Waals surface area contributed by atoms with E-state index in [0.29, 0.717) is 28.4 Å². The van der Waals surface area contributed by atoms with Crippen LogP contribution in [0.5, 0.6) is 11.5 Å². The van der Waals surface area contributed by atoms with Crippen molar-refractivity contribution in [3.63, 3.8) is 0 Å². The Hall–Kier alpha value is -3.51. The second kappa shape index (κ2) is 9.80. The monoisotopic (exact) mass is 424 g/mol. The van der Waals surface area contributed by atoms with Crippen molar-refractivity contribution in [1.82, 2.24) is 0 Å². The van der Waals surface area contributed by atoms with E-state index in [2.05, 4.69) is 10.6 Å². The molecule has 1 atom stereocenters. The highest BCUT2D eigenvalue weighted by Gasteiger charge is 2.19. The highest BCUT2D eigenvalue weighted by molar-refractivity contribution is 6.34. The summed E-state index contributed by atoms with van der Waals surface area (Å²) in [6, 6.07) is 20.9. The molecule has 154 valence electrons. The van der Waals surface area contributed by atoms with Crippen LogP contribution in [-0.4, -0.2) is 25.0 Å². The molecule has 0 bridgehead atoms. The zero-order chi connectivity index (χ0) is 21.5. The third kappa shape index (κ3) is 5.30. The fourth-order valence-electron chi connectivity index (χ4n) is 2.69. The van der Waals surface area contributed by atoms with Gasteiger partial charge in [0, 0.05) is 11.6 Å². The summed E-state index contributed by atoms with van der Waals surface area (Å²) < 4.78 is 11.0. The van der Waals surface area contributed by atoms with E-state index in [0.717, 1.165) is 0 Å². The standard InChI is InChI=1S/C23H21ClN2O4/c1-15(30-17-11-7-4-8-12-17)22(27)25-19-14-21(29-2)20(13-18(19)24)26-23(28)16-9-5-3-6-10-16/h3-15H,1-2H3,(H,25,27)(H,26,28)/t15-/m1/s1. The van der Waals surface area contributed by atoms with Gasteiger partial charge in [-0.2, -0.15) is 0 Å². The van der Waals surface area contributed by atoms with Gasteiger partial charge < -0.3 is 20.1 Å². The van der Waals surface area contributed by atoms with E-state index in [1.807, 2.05) is 24.3 Å². The number of anilines is 2. The van der Waals surface area contributed by atoms with Gasteiger partial charge >= 0.3 is 0 Å². The summed E-state index contributed by atoms with van der Waals surface area (Å²) in [5, 5.41) is 5.75. The average Bonchev–Trinajstić information content (AvgIpc) is 2.76. The lowest BCUT2D eigenvalue weighted by Gasteiger charge is -2.17. The van der Waals surface area contributed by atoms with Crippen LogP contribution in [0.1, 0.15) is 17.3 Å². The highest BCUT2D eigenvalue weighted by Crippen LogP contribution is 2.35. The fraction of sp³-hybridized carbons (Fsp3) is 0.130. The third-order valence-electron chi connectivity index (χ3n) is 4.26. The molecule has 6 nitrogen and oxygen atoms in total. The van der Waals surface area contributed by atoms with E-state index >= 15 is 0 Å². The zero-order valence-corrected chi connectivity index (χ0v) is 17.3. The van der Waals surface area contributed by atoms with Gasteiger partial charge in [-0.1, -0.05) is 48.0 Å². The molecule has 0 fully saturated rings. The molecule has 0 aliphatic rings. The Morgan fingerprint density at radius 3 is 2.17 bits per heavy atom. The molecule has 0 aromatic heterocycles. The van der Waals surface area contributed by atoms with Crippen molar-refractivity contribution in [2.24, 2.45) is 0 Å². The summed E-state index contributed by atoms with van der Waals surface area (Å²) >= 11 is 6.33. The van der Waals surface area contributed by atoms with Crippen LogP contribution in [-0.2, 0) is 4.79 Å². The Morgan fingerprint density at radius 1 is 0.900 bits per heavy atom. The summed E-state index contributed by atoms with van der Waals surface area (Å²) in [6.07, 6.45) is -0.744. The van der Waals surface area contributed by atoms with Crippen molar-refractivity contribution in [3.8, 4) is 11.5 Å². The maximum Gasteiger partial charge on any atom is 0.265 e. The molecule has 30 heavy (non-hydrogen) atoms. The number of carbonyl (C=O) groups is 2. The van der Waals surface area contributed by atoms with E-state index in [4.69, 9.17) is 21.1 Å². The number of hydrogen-bond acceptors (Lipinski definition) is 4. The van der Waals surface area contributed by atoms with Crippen LogP contribution in [0.15, 0.2) is 72.8 Å². The molecule has 0 spiro atoms. The molecule has 2 N–H and O–H groups in total. The number of hydrogen-bond donors (Lipinski definition) is 2. The predicted molar refractivity (Wildman–Crippen MR) is 118 cm³/mol. The van der Waals surface area contributed by atoms with Gasteiger partial charge in [0.15, 0.2) is 6.10 Å². The smallest absolute Gasteiger partial charge is 0.265 e. The van der Waals surface area contributed by atoms with Crippen LogP contribution < -0.4 is 20.1 Å². The lowest BCUT2D eigenvalue weighted by Crippen LogP contribution is -2.30. The second-order valence-corrected chi connectivity index (χ2v) is 6.82. The second-order valence-electron chi connectivity index (χ2n) is 6.41. The molecule has 3 aromatic rings. The lowest BCUT2D eigenvalue weighted by atomic mass is 10.2. The van der Waals surface area contributed by atoms with Crippen LogP contribution in [0.2, 0.25) is 5.02 Å².